The van der Waals surface area contributed by atoms with E-state index >= 15 is 0 Å². The minimum absolute atomic E-state index is 0.127. The van der Waals surface area contributed by atoms with Gasteiger partial charge in [0.1, 0.15) is 5.82 Å². The zero-order valence-corrected chi connectivity index (χ0v) is 11.6. The summed E-state index contributed by atoms with van der Waals surface area (Å²) >= 11 is 5.76. The summed E-state index contributed by atoms with van der Waals surface area (Å²) in [5.41, 5.74) is 0.549. The highest BCUT2D eigenvalue weighted by Crippen LogP contribution is 2.20. The van der Waals surface area contributed by atoms with Gasteiger partial charge in [0.2, 0.25) is 0 Å². The van der Waals surface area contributed by atoms with Crippen molar-refractivity contribution in [2.24, 2.45) is 0 Å². The lowest BCUT2D eigenvalue weighted by Gasteiger charge is -2.25. The highest BCUT2D eigenvalue weighted by molar-refractivity contribution is 6.30. The normalized spacial score (nSPS) is 13.0. The number of ether oxygens (including phenoxy) is 2. The first-order valence-electron chi connectivity index (χ1n) is 5.85. The molecule has 0 spiro atoms. The van der Waals surface area contributed by atoms with Crippen molar-refractivity contribution in [2.75, 3.05) is 20.8 Å². The zero-order chi connectivity index (χ0) is 13.5. The lowest BCUT2D eigenvalue weighted by atomic mass is 10.0. The van der Waals surface area contributed by atoms with Crippen LogP contribution in [-0.4, -0.2) is 33.1 Å². The fraction of sp³-hybridized carbons (Fsp3) is 0.538. The fourth-order valence-electron chi connectivity index (χ4n) is 1.89. The highest BCUT2D eigenvalue weighted by atomic mass is 35.5. The summed E-state index contributed by atoms with van der Waals surface area (Å²) in [6.07, 6.45) is 0.0235. The maximum Gasteiger partial charge on any atom is 0.172 e. The molecule has 1 aromatic rings. The Morgan fingerprint density at radius 1 is 1.33 bits per heavy atom. The molecule has 18 heavy (non-hydrogen) atoms. The molecule has 3 nitrogen and oxygen atoms in total. The van der Waals surface area contributed by atoms with E-state index < -0.39 is 6.29 Å². The minimum atomic E-state index is -0.427. The molecular weight excluding hydrogens is 257 g/mol. The van der Waals surface area contributed by atoms with Crippen molar-refractivity contribution < 1.29 is 13.9 Å². The molecule has 1 rings (SSSR count). The van der Waals surface area contributed by atoms with Crippen LogP contribution < -0.4 is 5.32 Å². The van der Waals surface area contributed by atoms with Gasteiger partial charge < -0.3 is 14.8 Å². The van der Waals surface area contributed by atoms with Gasteiger partial charge in [0, 0.05) is 14.2 Å². The second-order valence-corrected chi connectivity index (χ2v) is 4.33. The molecule has 1 unspecified atom stereocenters. The molecule has 1 atom stereocenters. The first-order valence-corrected chi connectivity index (χ1v) is 6.23. The van der Waals surface area contributed by atoms with Gasteiger partial charge in [0.25, 0.3) is 0 Å². The summed E-state index contributed by atoms with van der Waals surface area (Å²) in [7, 11) is 3.12. The Morgan fingerprint density at radius 3 is 2.56 bits per heavy atom. The molecule has 0 saturated heterocycles. The van der Waals surface area contributed by atoms with Crippen molar-refractivity contribution in [1.29, 1.82) is 0 Å². The summed E-state index contributed by atoms with van der Waals surface area (Å²) in [4.78, 5) is 0. The predicted octanol–water partition coefficient (Wildman–Crippen LogP) is 2.62. The average Bonchev–Trinajstić information content (AvgIpc) is 2.36. The number of methoxy groups -OCH3 is 2. The second-order valence-electron chi connectivity index (χ2n) is 3.92. The van der Waals surface area contributed by atoms with Crippen molar-refractivity contribution in [3.8, 4) is 0 Å². The summed E-state index contributed by atoms with van der Waals surface area (Å²) < 4.78 is 24.3. The molecule has 0 radical (unpaired) electrons. The summed E-state index contributed by atoms with van der Waals surface area (Å²) in [5, 5.41) is 3.35. The fourth-order valence-corrected chi connectivity index (χ4v) is 2.09. The first-order chi connectivity index (χ1) is 8.63. The van der Waals surface area contributed by atoms with Crippen molar-refractivity contribution in [2.45, 2.75) is 25.7 Å². The van der Waals surface area contributed by atoms with Crippen LogP contribution in [0, 0.1) is 5.82 Å². The molecule has 5 heteroatoms. The molecular formula is C13H19ClFNO2. The Hall–Kier alpha value is -0.680. The number of likely N-dealkylation sites (N-methyl/N-ethyl adjacent to an activating group) is 1. The van der Waals surface area contributed by atoms with Crippen LogP contribution >= 0.6 is 11.6 Å². The van der Waals surface area contributed by atoms with Gasteiger partial charge in [0.05, 0.1) is 11.1 Å². The Balaban J connectivity index is 2.85. The van der Waals surface area contributed by atoms with Gasteiger partial charge in [-0.15, -0.1) is 0 Å². The van der Waals surface area contributed by atoms with Crippen molar-refractivity contribution in [1.82, 2.24) is 5.32 Å². The Morgan fingerprint density at radius 2 is 2.00 bits per heavy atom. The Kier molecular flexibility index (Phi) is 6.57. The topological polar surface area (TPSA) is 30.5 Å². The number of nitrogens with one attached hydrogen (secondary N) is 1. The third kappa shape index (κ3) is 3.92. The van der Waals surface area contributed by atoms with Gasteiger partial charge in [0.15, 0.2) is 6.29 Å². The first kappa shape index (κ1) is 15.4. The third-order valence-corrected chi connectivity index (χ3v) is 3.02. The number of hydrogen-bond acceptors (Lipinski definition) is 3. The van der Waals surface area contributed by atoms with Gasteiger partial charge >= 0.3 is 0 Å². The molecule has 0 fully saturated rings. The molecule has 0 aliphatic rings. The number of hydrogen-bond donors (Lipinski definition) is 1. The van der Waals surface area contributed by atoms with E-state index in [1.807, 2.05) is 6.92 Å². The number of halogens is 2. The Bertz CT molecular complexity index is 372. The number of benzene rings is 1. The molecule has 0 aliphatic heterocycles. The molecule has 0 heterocycles. The van der Waals surface area contributed by atoms with Crippen LogP contribution in [0.4, 0.5) is 4.39 Å². The van der Waals surface area contributed by atoms with Crippen molar-refractivity contribution >= 4 is 11.6 Å². The minimum Gasteiger partial charge on any atom is -0.354 e. The van der Waals surface area contributed by atoms with Crippen LogP contribution in [0.25, 0.3) is 0 Å². The van der Waals surface area contributed by atoms with E-state index in [0.717, 1.165) is 6.54 Å². The SMILES string of the molecule is CCNC(Cc1cccc(Cl)c1F)C(OC)OC. The van der Waals surface area contributed by atoms with Crippen LogP contribution in [0.5, 0.6) is 0 Å². The lowest BCUT2D eigenvalue weighted by Crippen LogP contribution is -2.43. The monoisotopic (exact) mass is 275 g/mol. The van der Waals surface area contributed by atoms with E-state index in [1.165, 1.54) is 6.07 Å². The molecule has 0 bridgehead atoms. The van der Waals surface area contributed by atoms with Crippen molar-refractivity contribution in [3.63, 3.8) is 0 Å². The van der Waals surface area contributed by atoms with Crippen molar-refractivity contribution in [3.05, 3.63) is 34.6 Å². The second kappa shape index (κ2) is 7.69. The van der Waals surface area contributed by atoms with E-state index in [-0.39, 0.29) is 16.9 Å². The molecule has 0 aliphatic carbocycles. The molecule has 0 saturated carbocycles. The molecule has 102 valence electrons. The van der Waals surface area contributed by atoms with Gasteiger partial charge in [-0.25, -0.2) is 4.39 Å². The smallest absolute Gasteiger partial charge is 0.172 e. The zero-order valence-electron chi connectivity index (χ0n) is 10.9. The van der Waals surface area contributed by atoms with E-state index in [2.05, 4.69) is 5.32 Å². The molecule has 1 N–H and O–H groups in total. The van der Waals surface area contributed by atoms with Crippen LogP contribution in [0.15, 0.2) is 18.2 Å². The highest BCUT2D eigenvalue weighted by Gasteiger charge is 2.22. The standard InChI is InChI=1S/C13H19ClFNO2/c1-4-16-11(13(17-2)18-3)8-9-6-5-7-10(14)12(9)15/h5-7,11,13,16H,4,8H2,1-3H3. The van der Waals surface area contributed by atoms with Crippen LogP contribution in [0.2, 0.25) is 5.02 Å². The van der Waals surface area contributed by atoms with Crippen LogP contribution in [0.3, 0.4) is 0 Å². The summed E-state index contributed by atoms with van der Waals surface area (Å²) in [5.74, 6) is -0.381. The molecule has 0 amide bonds. The lowest BCUT2D eigenvalue weighted by molar-refractivity contribution is -0.122. The maximum atomic E-state index is 13.8. The predicted molar refractivity (Wildman–Crippen MR) is 70.4 cm³/mol. The Labute approximate surface area is 112 Å². The van der Waals surface area contributed by atoms with E-state index in [1.54, 1.807) is 26.4 Å². The van der Waals surface area contributed by atoms with E-state index in [9.17, 15) is 4.39 Å². The van der Waals surface area contributed by atoms with Gasteiger partial charge in [-0.2, -0.15) is 0 Å². The number of rotatable bonds is 7. The summed E-state index contributed by atoms with van der Waals surface area (Å²) in [6.45, 7) is 2.72. The average molecular weight is 276 g/mol. The van der Waals surface area contributed by atoms with Crippen LogP contribution in [0.1, 0.15) is 12.5 Å². The maximum absolute atomic E-state index is 13.8. The van der Waals surface area contributed by atoms with Gasteiger partial charge in [-0.1, -0.05) is 30.7 Å². The van der Waals surface area contributed by atoms with E-state index in [0.29, 0.717) is 12.0 Å². The van der Waals surface area contributed by atoms with Gasteiger partial charge in [-0.3, -0.25) is 0 Å². The largest absolute Gasteiger partial charge is 0.354 e. The molecule has 1 aromatic carbocycles. The quantitative estimate of drug-likeness (QED) is 0.776. The third-order valence-electron chi connectivity index (χ3n) is 2.73. The van der Waals surface area contributed by atoms with E-state index in [4.69, 9.17) is 21.1 Å². The van der Waals surface area contributed by atoms with Crippen LogP contribution in [-0.2, 0) is 15.9 Å². The van der Waals surface area contributed by atoms with Gasteiger partial charge in [-0.05, 0) is 24.6 Å². The molecule has 0 aromatic heterocycles. The summed E-state index contributed by atoms with van der Waals surface area (Å²) in [6, 6.07) is 4.86.